The number of methoxy groups -OCH3 is 1. The highest BCUT2D eigenvalue weighted by Gasteiger charge is 2.45. The Labute approximate surface area is 168 Å². The number of hydrogen-bond donors (Lipinski definition) is 2. The van der Waals surface area contributed by atoms with Gasteiger partial charge in [-0.3, -0.25) is 4.79 Å². The highest BCUT2D eigenvalue weighted by atomic mass is 19.1. The van der Waals surface area contributed by atoms with Crippen LogP contribution in [-0.2, 0) is 11.2 Å². The smallest absolute Gasteiger partial charge is 0.338 e. The molecule has 3 amide bonds. The van der Waals surface area contributed by atoms with Gasteiger partial charge < -0.3 is 15.0 Å². The summed E-state index contributed by atoms with van der Waals surface area (Å²) in [5, 5.41) is 4.29. The average Bonchev–Trinajstić information content (AvgIpc) is 3.04. The number of carbonyl (C=O) groups excluding carboxylic acids is 2. The average molecular weight is 398 g/mol. The number of urea groups is 1. The van der Waals surface area contributed by atoms with E-state index in [1.54, 1.807) is 24.1 Å². The second-order valence-corrected chi connectivity index (χ2v) is 7.31. The zero-order valence-corrected chi connectivity index (χ0v) is 16.2. The van der Waals surface area contributed by atoms with E-state index >= 15 is 0 Å². The fourth-order valence-electron chi connectivity index (χ4n) is 3.85. The summed E-state index contributed by atoms with van der Waals surface area (Å²) in [6, 6.07) is 13.0. The van der Waals surface area contributed by atoms with E-state index in [9.17, 15) is 14.0 Å². The first-order valence-corrected chi connectivity index (χ1v) is 9.55. The molecule has 1 spiro atoms. The standard InChI is InChI=1S/C21H23FN4O3/c1-29-18-8-3-2-5-15(18)13-19(27)25-11-9-21(10-12-25)23-20(28)26(24-21)17-7-4-6-16(22)14-17/h2-8,14,24H,9-13H2,1H3,(H,23,28). The molecule has 2 aliphatic heterocycles. The molecule has 0 saturated carbocycles. The van der Waals surface area contributed by atoms with Gasteiger partial charge in [-0.1, -0.05) is 24.3 Å². The topological polar surface area (TPSA) is 73.9 Å². The van der Waals surface area contributed by atoms with Gasteiger partial charge in [0.1, 0.15) is 17.2 Å². The van der Waals surface area contributed by atoms with Gasteiger partial charge in [0.25, 0.3) is 0 Å². The number of hydrazine groups is 1. The van der Waals surface area contributed by atoms with Crippen LogP contribution in [0.15, 0.2) is 48.5 Å². The maximum Gasteiger partial charge on any atom is 0.338 e. The Morgan fingerprint density at radius 2 is 1.93 bits per heavy atom. The van der Waals surface area contributed by atoms with Gasteiger partial charge in [0.05, 0.1) is 19.2 Å². The van der Waals surface area contributed by atoms with Crippen LogP contribution in [0, 0.1) is 5.82 Å². The van der Waals surface area contributed by atoms with Crippen molar-refractivity contribution in [3.8, 4) is 5.75 Å². The number of carbonyl (C=O) groups is 2. The molecule has 2 aromatic carbocycles. The summed E-state index contributed by atoms with van der Waals surface area (Å²) in [5.74, 6) is 0.315. The van der Waals surface area contributed by atoms with Crippen LogP contribution in [-0.4, -0.2) is 42.7 Å². The predicted octanol–water partition coefficient (Wildman–Crippen LogP) is 2.43. The fraction of sp³-hybridized carbons (Fsp3) is 0.333. The zero-order chi connectivity index (χ0) is 20.4. The fourth-order valence-corrected chi connectivity index (χ4v) is 3.85. The van der Waals surface area contributed by atoms with E-state index < -0.39 is 11.5 Å². The second kappa shape index (κ2) is 7.71. The van der Waals surface area contributed by atoms with E-state index in [0.29, 0.717) is 37.4 Å². The van der Waals surface area contributed by atoms with Crippen molar-refractivity contribution in [2.45, 2.75) is 24.9 Å². The summed E-state index contributed by atoms with van der Waals surface area (Å²) in [6.07, 6.45) is 1.39. The Bertz CT molecular complexity index is 928. The number of para-hydroxylation sites is 1. The van der Waals surface area contributed by atoms with Crippen LogP contribution < -0.4 is 20.5 Å². The summed E-state index contributed by atoms with van der Waals surface area (Å²) < 4.78 is 18.8. The van der Waals surface area contributed by atoms with Crippen LogP contribution in [0.5, 0.6) is 5.75 Å². The number of nitrogens with zero attached hydrogens (tertiary/aromatic N) is 2. The lowest BCUT2D eigenvalue weighted by atomic mass is 9.97. The van der Waals surface area contributed by atoms with Gasteiger partial charge in [0, 0.05) is 31.5 Å². The van der Waals surface area contributed by atoms with Crippen molar-refractivity contribution in [3.05, 3.63) is 59.9 Å². The third-order valence-corrected chi connectivity index (χ3v) is 5.45. The Hall–Kier alpha value is -3.13. The van der Waals surface area contributed by atoms with Crippen LogP contribution in [0.3, 0.4) is 0 Å². The van der Waals surface area contributed by atoms with E-state index in [1.807, 2.05) is 24.3 Å². The molecule has 2 heterocycles. The monoisotopic (exact) mass is 398 g/mol. The van der Waals surface area contributed by atoms with Crippen molar-refractivity contribution in [2.75, 3.05) is 25.2 Å². The van der Waals surface area contributed by atoms with Crippen molar-refractivity contribution in [1.82, 2.24) is 15.6 Å². The molecule has 7 nitrogen and oxygen atoms in total. The molecule has 2 aliphatic rings. The molecule has 0 unspecified atom stereocenters. The molecular weight excluding hydrogens is 375 g/mol. The maximum atomic E-state index is 13.5. The molecule has 2 aromatic rings. The Morgan fingerprint density at radius 3 is 2.66 bits per heavy atom. The van der Waals surface area contributed by atoms with Gasteiger partial charge in [-0.2, -0.15) is 0 Å². The van der Waals surface area contributed by atoms with Gasteiger partial charge in [0.2, 0.25) is 5.91 Å². The molecule has 0 aliphatic carbocycles. The molecule has 0 atom stereocenters. The number of benzene rings is 2. The van der Waals surface area contributed by atoms with Crippen molar-refractivity contribution in [1.29, 1.82) is 0 Å². The number of rotatable bonds is 4. The highest BCUT2D eigenvalue weighted by Crippen LogP contribution is 2.28. The van der Waals surface area contributed by atoms with Crippen LogP contribution >= 0.6 is 0 Å². The molecule has 29 heavy (non-hydrogen) atoms. The van der Waals surface area contributed by atoms with Gasteiger partial charge in [-0.25, -0.2) is 19.6 Å². The molecule has 8 heteroatoms. The normalized spacial score (nSPS) is 18.1. The van der Waals surface area contributed by atoms with Crippen LogP contribution in [0.25, 0.3) is 0 Å². The van der Waals surface area contributed by atoms with Crippen LogP contribution in [0.2, 0.25) is 0 Å². The molecule has 152 valence electrons. The second-order valence-electron chi connectivity index (χ2n) is 7.31. The molecule has 0 aromatic heterocycles. The number of amides is 3. The SMILES string of the molecule is COc1ccccc1CC(=O)N1CCC2(CC1)NC(=O)N(c1cccc(F)c1)N2. The summed E-state index contributed by atoms with van der Waals surface area (Å²) >= 11 is 0. The summed E-state index contributed by atoms with van der Waals surface area (Å²) in [4.78, 5) is 27.0. The van der Waals surface area contributed by atoms with Gasteiger partial charge >= 0.3 is 6.03 Å². The van der Waals surface area contributed by atoms with E-state index in [2.05, 4.69) is 10.7 Å². The minimum Gasteiger partial charge on any atom is -0.496 e. The minimum atomic E-state index is -0.634. The Kier molecular flexibility index (Phi) is 5.10. The number of halogens is 1. The molecule has 4 rings (SSSR count). The van der Waals surface area contributed by atoms with Gasteiger partial charge in [-0.15, -0.1) is 0 Å². The molecule has 2 fully saturated rings. The van der Waals surface area contributed by atoms with E-state index in [-0.39, 0.29) is 18.4 Å². The van der Waals surface area contributed by atoms with Crippen LogP contribution in [0.1, 0.15) is 18.4 Å². The first-order valence-electron chi connectivity index (χ1n) is 9.55. The Balaban J connectivity index is 1.39. The Morgan fingerprint density at radius 1 is 1.17 bits per heavy atom. The summed E-state index contributed by atoms with van der Waals surface area (Å²) in [6.45, 7) is 1.02. The summed E-state index contributed by atoms with van der Waals surface area (Å²) in [7, 11) is 1.59. The number of likely N-dealkylation sites (tertiary alicyclic amines) is 1. The predicted molar refractivity (Wildman–Crippen MR) is 106 cm³/mol. The third-order valence-electron chi connectivity index (χ3n) is 5.45. The molecule has 2 saturated heterocycles. The lowest BCUT2D eigenvalue weighted by Gasteiger charge is -2.39. The molecule has 0 radical (unpaired) electrons. The minimum absolute atomic E-state index is 0.0238. The van der Waals surface area contributed by atoms with Crippen molar-refractivity contribution < 1.29 is 18.7 Å². The third kappa shape index (κ3) is 3.88. The van der Waals surface area contributed by atoms with Crippen LogP contribution in [0.4, 0.5) is 14.9 Å². The summed E-state index contributed by atoms with van der Waals surface area (Å²) in [5.41, 5.74) is 3.83. The number of piperidine rings is 1. The quantitative estimate of drug-likeness (QED) is 0.830. The van der Waals surface area contributed by atoms with Crippen molar-refractivity contribution in [3.63, 3.8) is 0 Å². The van der Waals surface area contributed by atoms with E-state index in [1.165, 1.54) is 17.1 Å². The molecular formula is C21H23FN4O3. The number of ether oxygens (including phenoxy) is 1. The first kappa shape index (κ1) is 19.2. The first-order chi connectivity index (χ1) is 14.0. The zero-order valence-electron chi connectivity index (χ0n) is 16.2. The number of hydrogen-bond acceptors (Lipinski definition) is 4. The highest BCUT2D eigenvalue weighted by molar-refractivity contribution is 5.93. The molecule has 0 bridgehead atoms. The largest absolute Gasteiger partial charge is 0.496 e. The molecule has 2 N–H and O–H groups in total. The van der Waals surface area contributed by atoms with E-state index in [4.69, 9.17) is 4.74 Å². The van der Waals surface area contributed by atoms with Crippen molar-refractivity contribution in [2.24, 2.45) is 0 Å². The van der Waals surface area contributed by atoms with Gasteiger partial charge in [-0.05, 0) is 24.3 Å². The lowest BCUT2D eigenvalue weighted by molar-refractivity contribution is -0.132. The maximum absolute atomic E-state index is 13.5. The number of nitrogens with one attached hydrogen (secondary N) is 2. The van der Waals surface area contributed by atoms with E-state index in [0.717, 1.165) is 5.56 Å². The van der Waals surface area contributed by atoms with Gasteiger partial charge in [0.15, 0.2) is 0 Å². The lowest BCUT2D eigenvalue weighted by Crippen LogP contribution is -2.58. The van der Waals surface area contributed by atoms with Crippen molar-refractivity contribution >= 4 is 17.6 Å². The number of anilines is 1.